The minimum absolute atomic E-state index is 0.538. The van der Waals surface area contributed by atoms with Gasteiger partial charge < -0.3 is 4.57 Å². The van der Waals surface area contributed by atoms with Crippen molar-refractivity contribution in [3.05, 3.63) is 152 Å². The van der Waals surface area contributed by atoms with Crippen LogP contribution >= 0.6 is 7.14 Å². The first-order chi connectivity index (χ1) is 23.5. The summed E-state index contributed by atoms with van der Waals surface area (Å²) >= 11 is 0. The molecule has 48 heavy (non-hydrogen) atoms. The van der Waals surface area contributed by atoms with Crippen molar-refractivity contribution in [2.45, 2.75) is 6.92 Å². The summed E-state index contributed by atoms with van der Waals surface area (Å²) in [5.41, 5.74) is 7.33. The third-order valence-corrected chi connectivity index (χ3v) is 11.9. The zero-order valence-corrected chi connectivity index (χ0v) is 26.8. The quantitative estimate of drug-likeness (QED) is 0.182. The van der Waals surface area contributed by atoms with Crippen molar-refractivity contribution >= 4 is 28.7 Å². The van der Waals surface area contributed by atoms with Crippen LogP contribution < -0.4 is 15.9 Å². The largest absolute Gasteiger partial charge is 0.309 e. The van der Waals surface area contributed by atoms with Gasteiger partial charge in [-0.3, -0.25) is 0 Å². The maximum Gasteiger partial charge on any atom is 0.173 e. The number of aryl methyl sites for hydroxylation is 1. The second-order valence-corrected chi connectivity index (χ2v) is 14.5. The first-order valence-corrected chi connectivity index (χ1v) is 17.4. The van der Waals surface area contributed by atoms with Crippen LogP contribution in [0.15, 0.2) is 146 Å². The van der Waals surface area contributed by atoms with E-state index in [1.807, 2.05) is 110 Å². The van der Waals surface area contributed by atoms with Crippen LogP contribution in [0.2, 0.25) is 0 Å². The summed E-state index contributed by atoms with van der Waals surface area (Å²) in [6.07, 6.45) is 1.88. The van der Waals surface area contributed by atoms with Gasteiger partial charge in [0.05, 0.1) is 0 Å². The summed E-state index contributed by atoms with van der Waals surface area (Å²) in [6.45, 7) is 1.86. The van der Waals surface area contributed by atoms with Crippen molar-refractivity contribution in [3.63, 3.8) is 0 Å². The standard InChI is InChI=1S/C40H27N6OP/c1-26-41-37-24-34-33-23-31(21-22-35(33)48(47,32-15-9-4-10-16-32)36(34)25-46(37)45-26)40-43-38(29-13-7-3-8-14-29)42-39(44-40)30-19-17-28(18-20-30)27-11-5-2-6-12-27/h2-25H,1H3. The summed E-state index contributed by atoms with van der Waals surface area (Å²) < 4.78 is 17.0. The van der Waals surface area contributed by atoms with E-state index in [0.717, 1.165) is 54.9 Å². The number of nitrogens with zero attached hydrogens (tertiary/aromatic N) is 6. The molecule has 0 fully saturated rings. The van der Waals surface area contributed by atoms with Gasteiger partial charge in [-0.1, -0.05) is 121 Å². The smallest absolute Gasteiger partial charge is 0.173 e. The van der Waals surface area contributed by atoms with Crippen molar-refractivity contribution in [2.24, 2.45) is 0 Å². The Morgan fingerprint density at radius 3 is 1.67 bits per heavy atom. The molecule has 1 unspecified atom stereocenters. The lowest BCUT2D eigenvalue weighted by atomic mass is 10.0. The summed E-state index contributed by atoms with van der Waals surface area (Å²) in [5.74, 6) is 2.36. The van der Waals surface area contributed by atoms with E-state index < -0.39 is 7.14 Å². The highest BCUT2D eigenvalue weighted by molar-refractivity contribution is 7.86. The predicted octanol–water partition coefficient (Wildman–Crippen LogP) is 7.51. The highest BCUT2D eigenvalue weighted by Gasteiger charge is 2.41. The molecule has 3 aromatic heterocycles. The lowest BCUT2D eigenvalue weighted by molar-refractivity contribution is 0.593. The van der Waals surface area contributed by atoms with Crippen molar-refractivity contribution < 1.29 is 4.57 Å². The van der Waals surface area contributed by atoms with Crippen LogP contribution in [-0.2, 0) is 4.57 Å². The third-order valence-electron chi connectivity index (χ3n) is 8.82. The molecule has 0 N–H and O–H groups in total. The highest BCUT2D eigenvalue weighted by atomic mass is 31.2. The van der Waals surface area contributed by atoms with Gasteiger partial charge in [-0.2, -0.15) is 5.10 Å². The van der Waals surface area contributed by atoms with E-state index in [-0.39, 0.29) is 0 Å². The molecule has 0 amide bonds. The molecule has 1 aliphatic rings. The Bertz CT molecular complexity index is 2530. The molecule has 9 rings (SSSR count). The van der Waals surface area contributed by atoms with E-state index in [9.17, 15) is 0 Å². The van der Waals surface area contributed by atoms with Gasteiger partial charge in [0.1, 0.15) is 5.82 Å². The van der Waals surface area contributed by atoms with Crippen molar-refractivity contribution in [3.8, 4) is 56.4 Å². The van der Waals surface area contributed by atoms with Crippen LogP contribution in [0, 0.1) is 6.92 Å². The highest BCUT2D eigenvalue weighted by Crippen LogP contribution is 2.52. The molecule has 4 heterocycles. The van der Waals surface area contributed by atoms with E-state index in [4.69, 9.17) is 15.0 Å². The Balaban J connectivity index is 1.22. The number of fused-ring (bicyclic) bond motifs is 4. The number of hydrogen-bond acceptors (Lipinski definition) is 6. The van der Waals surface area contributed by atoms with Gasteiger partial charge in [0.2, 0.25) is 0 Å². The maximum atomic E-state index is 15.3. The van der Waals surface area contributed by atoms with Crippen LogP contribution in [0.4, 0.5) is 0 Å². The normalized spacial score (nSPS) is 14.9. The minimum atomic E-state index is -3.20. The minimum Gasteiger partial charge on any atom is -0.309 e. The zero-order valence-electron chi connectivity index (χ0n) is 25.9. The predicted molar refractivity (Wildman–Crippen MR) is 191 cm³/mol. The number of aromatic nitrogens is 6. The van der Waals surface area contributed by atoms with Gasteiger partial charge >= 0.3 is 0 Å². The fourth-order valence-corrected chi connectivity index (χ4v) is 9.51. The Labute approximate surface area is 277 Å². The summed E-state index contributed by atoms with van der Waals surface area (Å²) in [4.78, 5) is 19.5. The maximum absolute atomic E-state index is 15.3. The Morgan fingerprint density at radius 2 is 1.00 bits per heavy atom. The topological polar surface area (TPSA) is 85.9 Å². The van der Waals surface area contributed by atoms with E-state index in [0.29, 0.717) is 28.9 Å². The van der Waals surface area contributed by atoms with Crippen molar-refractivity contribution in [1.82, 2.24) is 29.5 Å². The Kier molecular flexibility index (Phi) is 6.49. The average molecular weight is 639 g/mol. The van der Waals surface area contributed by atoms with Gasteiger partial charge in [0.25, 0.3) is 0 Å². The molecule has 8 heteroatoms. The van der Waals surface area contributed by atoms with E-state index in [2.05, 4.69) is 52.5 Å². The van der Waals surface area contributed by atoms with E-state index in [1.165, 1.54) is 0 Å². The molecule has 1 atom stereocenters. The van der Waals surface area contributed by atoms with Gasteiger partial charge in [-0.25, -0.2) is 24.5 Å². The number of benzene rings is 5. The summed E-state index contributed by atoms with van der Waals surface area (Å²) in [5, 5.41) is 6.85. The van der Waals surface area contributed by atoms with Crippen molar-refractivity contribution in [2.75, 3.05) is 0 Å². The lowest BCUT2D eigenvalue weighted by Crippen LogP contribution is -2.21. The van der Waals surface area contributed by atoms with E-state index >= 15 is 4.57 Å². The van der Waals surface area contributed by atoms with E-state index in [1.54, 1.807) is 4.52 Å². The molecule has 0 radical (unpaired) electrons. The lowest BCUT2D eigenvalue weighted by Gasteiger charge is -2.16. The van der Waals surface area contributed by atoms with Crippen molar-refractivity contribution in [1.29, 1.82) is 0 Å². The summed E-state index contributed by atoms with van der Waals surface area (Å²) in [6, 6.07) is 46.2. The SMILES string of the molecule is Cc1nc2cc3c(cn2n1)P(=O)(c1ccccc1)c1ccc(-c2nc(-c4ccccc4)nc(-c4ccc(-c5ccccc5)cc4)n2)cc1-3. The van der Waals surface area contributed by atoms with Crippen LogP contribution in [-0.4, -0.2) is 29.5 Å². The van der Waals surface area contributed by atoms with Gasteiger partial charge in [0, 0.05) is 38.8 Å². The molecule has 7 nitrogen and oxygen atoms in total. The molecular weight excluding hydrogens is 611 g/mol. The van der Waals surface area contributed by atoms with Gasteiger partial charge in [0.15, 0.2) is 30.3 Å². The average Bonchev–Trinajstić information content (AvgIpc) is 3.64. The number of rotatable bonds is 5. The monoisotopic (exact) mass is 638 g/mol. The molecule has 0 bridgehead atoms. The number of pyridine rings is 1. The molecule has 1 aliphatic heterocycles. The summed E-state index contributed by atoms with van der Waals surface area (Å²) in [7, 11) is -3.20. The molecule has 228 valence electrons. The second-order valence-electron chi connectivity index (χ2n) is 11.8. The fraction of sp³-hybridized carbons (Fsp3) is 0.0250. The molecule has 8 aromatic rings. The van der Waals surface area contributed by atoms with Crippen LogP contribution in [0.1, 0.15) is 5.82 Å². The first-order valence-electron chi connectivity index (χ1n) is 15.7. The van der Waals surface area contributed by atoms with Gasteiger partial charge in [-0.05, 0) is 47.4 Å². The Morgan fingerprint density at radius 1 is 0.500 bits per heavy atom. The first kappa shape index (κ1) is 28.2. The fourth-order valence-electron chi connectivity index (χ4n) is 6.50. The molecule has 0 aliphatic carbocycles. The molecule has 0 saturated heterocycles. The molecule has 5 aromatic carbocycles. The second kappa shape index (κ2) is 11.0. The third kappa shape index (κ3) is 4.59. The molecule has 0 spiro atoms. The van der Waals surface area contributed by atoms with Gasteiger partial charge in [-0.15, -0.1) is 0 Å². The molecular formula is C40H27N6OP. The molecule has 0 saturated carbocycles. The Hall–Kier alpha value is -6.04. The van der Waals surface area contributed by atoms with Crippen LogP contribution in [0.25, 0.3) is 62.1 Å². The van der Waals surface area contributed by atoms with Crippen LogP contribution in [0.5, 0.6) is 0 Å². The zero-order chi connectivity index (χ0) is 32.2. The number of hydrogen-bond donors (Lipinski definition) is 0. The van der Waals surface area contributed by atoms with Crippen LogP contribution in [0.3, 0.4) is 0 Å².